The fraction of sp³-hybridized carbons (Fsp3) is 0.682. The smallest absolute Gasteiger partial charge is 0.337 e. The molecule has 0 radical (unpaired) electrons. The Kier molecular flexibility index (Phi) is 17.0. The van der Waals surface area contributed by atoms with Gasteiger partial charge in [0.25, 0.3) is 0 Å². The zero-order valence-electron chi connectivity index (χ0n) is 35.6. The zero-order valence-corrected chi connectivity index (χ0v) is 38.3. The molecule has 0 spiro atoms. The van der Waals surface area contributed by atoms with Crippen LogP contribution in [-0.2, 0) is 39.5 Å². The number of hydrogen-bond acceptors (Lipinski definition) is 10. The van der Waals surface area contributed by atoms with Crippen LogP contribution in [0.15, 0.2) is 42.5 Å². The maximum Gasteiger partial charge on any atom is 0.337 e. The van der Waals surface area contributed by atoms with Gasteiger partial charge in [-0.05, 0) is 67.1 Å². The molecule has 0 aromatic heterocycles. The zero-order chi connectivity index (χ0) is 42.0. The van der Waals surface area contributed by atoms with E-state index in [0.29, 0.717) is 32.7 Å². The quantitative estimate of drug-likeness (QED) is 0.116. The second-order valence-electron chi connectivity index (χ2n) is 18.0. The maximum atomic E-state index is 15.1. The first-order chi connectivity index (χ1) is 27.5. The summed E-state index contributed by atoms with van der Waals surface area (Å²) in [6.07, 6.45) is 2.99. The number of benzene rings is 2. The van der Waals surface area contributed by atoms with E-state index in [2.05, 4.69) is 44.5 Å². The first-order valence-electron chi connectivity index (χ1n) is 21.3. The molecule has 3 fully saturated rings. The number of ether oxygens (including phenoxy) is 2. The van der Waals surface area contributed by atoms with Crippen LogP contribution in [0.3, 0.4) is 0 Å². The summed E-state index contributed by atoms with van der Waals surface area (Å²) in [6, 6.07) is 11.9. The highest BCUT2D eigenvalue weighted by molar-refractivity contribution is 8.20. The summed E-state index contributed by atoms with van der Waals surface area (Å²) in [6.45, 7) is 16.0. The van der Waals surface area contributed by atoms with Crippen molar-refractivity contribution < 1.29 is 38.2 Å². The Morgan fingerprint density at radius 1 is 0.931 bits per heavy atom. The van der Waals surface area contributed by atoms with Gasteiger partial charge in [0, 0.05) is 31.0 Å². The number of carbonyl (C=O) groups excluding carboxylic acids is 4. The lowest BCUT2D eigenvalue weighted by Gasteiger charge is -2.43. The third-order valence-electron chi connectivity index (χ3n) is 12.2. The number of esters is 1. The van der Waals surface area contributed by atoms with E-state index in [1.54, 1.807) is 42.3 Å². The SMILES string of the molecule is CC(C)OC(=O)[C@H](O)[C@H](CC1CCCCC1)NC(=O)[C@H](NC(=O)[C@@H](CC(=O)N1CCOCC1)Cc1cccc2ccccc12)[C@H](O[Si](C)(C)C(C)(C)C)C1SCCS1. The van der Waals surface area contributed by atoms with E-state index < -0.39 is 62.4 Å². The Labute approximate surface area is 355 Å². The van der Waals surface area contributed by atoms with Gasteiger partial charge in [-0.3, -0.25) is 14.4 Å². The van der Waals surface area contributed by atoms with Crippen LogP contribution in [0, 0.1) is 11.8 Å². The highest BCUT2D eigenvalue weighted by atomic mass is 32.2. The minimum absolute atomic E-state index is 0.0475. The number of hydrogen-bond donors (Lipinski definition) is 3. The molecule has 5 rings (SSSR count). The molecular weight excluding hydrogens is 791 g/mol. The maximum absolute atomic E-state index is 15.1. The van der Waals surface area contributed by atoms with Crippen molar-refractivity contribution >= 4 is 66.3 Å². The molecule has 5 atom stereocenters. The summed E-state index contributed by atoms with van der Waals surface area (Å²) >= 11 is 3.43. The van der Waals surface area contributed by atoms with Crippen molar-refractivity contribution in [2.75, 3.05) is 37.8 Å². The molecule has 14 heteroatoms. The average Bonchev–Trinajstić information content (AvgIpc) is 3.73. The van der Waals surface area contributed by atoms with E-state index >= 15 is 4.79 Å². The van der Waals surface area contributed by atoms with Crippen LogP contribution in [0.5, 0.6) is 0 Å². The molecule has 58 heavy (non-hydrogen) atoms. The minimum atomic E-state index is -2.55. The minimum Gasteiger partial charge on any atom is -0.461 e. The second kappa shape index (κ2) is 21.3. The molecule has 2 aliphatic heterocycles. The molecule has 3 aliphatic rings. The number of amides is 3. The van der Waals surface area contributed by atoms with Crippen molar-refractivity contribution in [2.45, 2.75) is 139 Å². The van der Waals surface area contributed by atoms with E-state index in [1.165, 1.54) is 0 Å². The van der Waals surface area contributed by atoms with Crippen LogP contribution in [0.4, 0.5) is 0 Å². The number of aliphatic hydroxyl groups is 1. The number of thioether (sulfide) groups is 2. The molecule has 3 amide bonds. The lowest BCUT2D eigenvalue weighted by atomic mass is 9.83. The van der Waals surface area contributed by atoms with Gasteiger partial charge in [0.2, 0.25) is 17.7 Å². The van der Waals surface area contributed by atoms with Gasteiger partial charge in [0.15, 0.2) is 14.4 Å². The van der Waals surface area contributed by atoms with Crippen molar-refractivity contribution in [3.05, 3.63) is 48.0 Å². The van der Waals surface area contributed by atoms with E-state index in [0.717, 1.165) is 59.9 Å². The second-order valence-corrected chi connectivity index (χ2v) is 25.5. The lowest BCUT2D eigenvalue weighted by Crippen LogP contribution is -2.63. The molecule has 11 nitrogen and oxygen atoms in total. The molecule has 3 N–H and O–H groups in total. The molecule has 2 aromatic rings. The predicted octanol–water partition coefficient (Wildman–Crippen LogP) is 6.70. The molecule has 2 saturated heterocycles. The van der Waals surface area contributed by atoms with Crippen LogP contribution < -0.4 is 10.6 Å². The van der Waals surface area contributed by atoms with Crippen molar-refractivity contribution in [3.8, 4) is 0 Å². The molecule has 0 bridgehead atoms. The molecule has 0 unspecified atom stereocenters. The molecule has 2 heterocycles. The summed E-state index contributed by atoms with van der Waals surface area (Å²) in [5.41, 5.74) is 0.935. The van der Waals surface area contributed by atoms with Gasteiger partial charge in [-0.2, -0.15) is 0 Å². The summed E-state index contributed by atoms with van der Waals surface area (Å²) in [7, 11) is -2.55. The van der Waals surface area contributed by atoms with Crippen molar-refractivity contribution in [2.24, 2.45) is 11.8 Å². The van der Waals surface area contributed by atoms with Crippen molar-refractivity contribution in [3.63, 3.8) is 0 Å². The van der Waals surface area contributed by atoms with Crippen LogP contribution in [0.25, 0.3) is 10.8 Å². The van der Waals surface area contributed by atoms with Gasteiger partial charge in [-0.15, -0.1) is 23.5 Å². The van der Waals surface area contributed by atoms with Gasteiger partial charge >= 0.3 is 5.97 Å². The summed E-state index contributed by atoms with van der Waals surface area (Å²) < 4.78 is 18.0. The topological polar surface area (TPSA) is 143 Å². The van der Waals surface area contributed by atoms with Gasteiger partial charge < -0.3 is 34.5 Å². The van der Waals surface area contributed by atoms with Crippen molar-refractivity contribution in [1.29, 1.82) is 0 Å². The van der Waals surface area contributed by atoms with Gasteiger partial charge in [0.1, 0.15) is 6.04 Å². The van der Waals surface area contributed by atoms with Crippen molar-refractivity contribution in [1.82, 2.24) is 15.5 Å². The van der Waals surface area contributed by atoms with Gasteiger partial charge in [0.05, 0.1) is 42.0 Å². The van der Waals surface area contributed by atoms with E-state index in [4.69, 9.17) is 13.9 Å². The Hall–Kier alpha value is -2.62. The normalized spacial score (nSPS) is 20.0. The first-order valence-corrected chi connectivity index (χ1v) is 26.3. The first kappa shape index (κ1) is 46.4. The van der Waals surface area contributed by atoms with E-state index in [1.807, 2.05) is 42.5 Å². The third kappa shape index (κ3) is 12.7. The number of fused-ring (bicyclic) bond motifs is 1. The summed E-state index contributed by atoms with van der Waals surface area (Å²) in [5, 5.41) is 19.6. The fourth-order valence-electron chi connectivity index (χ4n) is 7.87. The fourth-order valence-corrected chi connectivity index (χ4v) is 12.4. The molecule has 1 saturated carbocycles. The van der Waals surface area contributed by atoms with E-state index in [9.17, 15) is 19.5 Å². The number of morpholine rings is 1. The Morgan fingerprint density at radius 3 is 2.24 bits per heavy atom. The lowest BCUT2D eigenvalue weighted by molar-refractivity contribution is -0.159. The van der Waals surface area contributed by atoms with Crippen LogP contribution in [-0.4, -0.2) is 115 Å². The standard InChI is InChI=1S/C44H67N3O8S2Si/c1-29(2)54-42(52)38(49)35(26-30-14-9-8-10-15-30)45-41(51)37(39(43-56-24-25-57-43)55-58(6,7)44(3,4)5)46-40(50)33(28-36(48)47-20-22-53-23-21-47)27-32-18-13-17-31-16-11-12-19-34(31)32/h11-13,16-19,29-30,33,35,37-39,43,49H,8-10,14-15,20-28H2,1-7H3,(H,45,51)(H,46,50)/t33-,35+,37-,38-,39+/m1/s1. The number of nitrogens with zero attached hydrogens (tertiary/aromatic N) is 1. The average molecular weight is 858 g/mol. The number of nitrogens with one attached hydrogen (secondary N) is 2. The summed E-state index contributed by atoms with van der Waals surface area (Å²) in [4.78, 5) is 58.9. The highest BCUT2D eigenvalue weighted by Crippen LogP contribution is 2.43. The van der Waals surface area contributed by atoms with Crippen LogP contribution in [0.1, 0.15) is 85.1 Å². The Balaban J connectivity index is 1.53. The number of rotatable bonds is 17. The van der Waals surface area contributed by atoms with Crippen LogP contribution in [0.2, 0.25) is 18.1 Å². The Bertz CT molecular complexity index is 1680. The monoisotopic (exact) mass is 857 g/mol. The Morgan fingerprint density at radius 2 is 1.59 bits per heavy atom. The molecule has 1 aliphatic carbocycles. The summed E-state index contributed by atoms with van der Waals surface area (Å²) in [5.74, 6) is -0.720. The van der Waals surface area contributed by atoms with Crippen LogP contribution >= 0.6 is 23.5 Å². The number of aliphatic hydroxyl groups excluding tert-OH is 1. The molecule has 322 valence electrons. The van der Waals surface area contributed by atoms with Gasteiger partial charge in [-0.1, -0.05) is 95.3 Å². The third-order valence-corrected chi connectivity index (χ3v) is 19.8. The predicted molar refractivity (Wildman–Crippen MR) is 236 cm³/mol. The van der Waals surface area contributed by atoms with Gasteiger partial charge in [-0.25, -0.2) is 4.79 Å². The molecular formula is C44H67N3O8S2Si. The molecule has 2 aromatic carbocycles. The van der Waals surface area contributed by atoms with E-state index in [-0.39, 0.29) is 34.3 Å². The largest absolute Gasteiger partial charge is 0.461 e. The number of carbonyl (C=O) groups is 4. The highest BCUT2D eigenvalue weighted by Gasteiger charge is 2.47.